The van der Waals surface area contributed by atoms with Crippen LogP contribution in [-0.4, -0.2) is 42.9 Å². The van der Waals surface area contributed by atoms with Crippen molar-refractivity contribution in [3.05, 3.63) is 102 Å². The average molecular weight is 426 g/mol. The van der Waals surface area contributed by atoms with Gasteiger partial charge in [0.15, 0.2) is 0 Å². The van der Waals surface area contributed by atoms with Gasteiger partial charge in [0, 0.05) is 43.6 Å². The average Bonchev–Trinajstić information content (AvgIpc) is 2.84. The van der Waals surface area contributed by atoms with Gasteiger partial charge in [-0.2, -0.15) is 0 Å². The Morgan fingerprint density at radius 3 is 2.06 bits per heavy atom. The van der Waals surface area contributed by atoms with Crippen LogP contribution in [0.2, 0.25) is 0 Å². The summed E-state index contributed by atoms with van der Waals surface area (Å²) >= 11 is 0. The number of anilines is 2. The largest absolute Gasteiger partial charge is 0.368 e. The van der Waals surface area contributed by atoms with Gasteiger partial charge in [-0.3, -0.25) is 9.59 Å². The predicted molar refractivity (Wildman–Crippen MR) is 129 cm³/mol. The monoisotopic (exact) mass is 425 g/mol. The second-order valence-electron chi connectivity index (χ2n) is 7.81. The van der Waals surface area contributed by atoms with E-state index in [9.17, 15) is 9.59 Å². The van der Waals surface area contributed by atoms with E-state index in [1.54, 1.807) is 6.08 Å². The van der Waals surface area contributed by atoms with Crippen LogP contribution in [0.15, 0.2) is 91.0 Å². The van der Waals surface area contributed by atoms with Crippen LogP contribution in [0.5, 0.6) is 0 Å². The molecule has 32 heavy (non-hydrogen) atoms. The van der Waals surface area contributed by atoms with Crippen molar-refractivity contribution in [3.8, 4) is 0 Å². The molecule has 4 rings (SSSR count). The van der Waals surface area contributed by atoms with Crippen LogP contribution >= 0.6 is 0 Å². The third kappa shape index (κ3) is 5.85. The van der Waals surface area contributed by atoms with Crippen molar-refractivity contribution >= 4 is 29.3 Å². The fourth-order valence-electron chi connectivity index (χ4n) is 3.76. The lowest BCUT2D eigenvalue weighted by Crippen LogP contribution is -2.48. The standard InChI is InChI=1S/C27H27N3O2/c31-26(21-23-9-5-2-6-10-23)28-24-12-14-25(15-13-24)29-17-19-30(20-18-29)27(32)16-11-22-7-3-1-4-8-22/h1-16H,17-21H2,(H,28,31)/b16-11+. The molecule has 0 radical (unpaired) electrons. The van der Waals surface area contributed by atoms with E-state index in [1.165, 1.54) is 0 Å². The minimum Gasteiger partial charge on any atom is -0.368 e. The molecule has 5 nitrogen and oxygen atoms in total. The number of benzene rings is 3. The second-order valence-corrected chi connectivity index (χ2v) is 7.81. The molecule has 1 fully saturated rings. The molecule has 3 aromatic carbocycles. The van der Waals surface area contributed by atoms with Gasteiger partial charge in [0.25, 0.3) is 0 Å². The van der Waals surface area contributed by atoms with Crippen LogP contribution in [0.25, 0.3) is 6.08 Å². The number of carbonyl (C=O) groups is 2. The first kappa shape index (κ1) is 21.4. The van der Waals surface area contributed by atoms with Crippen molar-refractivity contribution < 1.29 is 9.59 Å². The smallest absolute Gasteiger partial charge is 0.246 e. The van der Waals surface area contributed by atoms with E-state index >= 15 is 0 Å². The molecule has 0 spiro atoms. The second kappa shape index (κ2) is 10.4. The Morgan fingerprint density at radius 2 is 1.41 bits per heavy atom. The zero-order valence-corrected chi connectivity index (χ0v) is 18.0. The molecule has 0 aromatic heterocycles. The van der Waals surface area contributed by atoms with Crippen molar-refractivity contribution in [3.63, 3.8) is 0 Å². The van der Waals surface area contributed by atoms with E-state index in [-0.39, 0.29) is 11.8 Å². The van der Waals surface area contributed by atoms with Crippen LogP contribution in [0.3, 0.4) is 0 Å². The summed E-state index contributed by atoms with van der Waals surface area (Å²) in [5.74, 6) is 0.0182. The SMILES string of the molecule is O=C(Cc1ccccc1)Nc1ccc(N2CCN(C(=O)/C=C/c3ccccc3)CC2)cc1. The lowest BCUT2D eigenvalue weighted by molar-refractivity contribution is -0.126. The molecule has 5 heteroatoms. The van der Waals surface area contributed by atoms with Gasteiger partial charge in [0.1, 0.15) is 0 Å². The molecule has 1 aliphatic rings. The Hall–Kier alpha value is -3.86. The molecule has 0 aliphatic carbocycles. The Balaban J connectivity index is 1.26. The Bertz CT molecular complexity index is 1060. The van der Waals surface area contributed by atoms with E-state index < -0.39 is 0 Å². The van der Waals surface area contributed by atoms with Gasteiger partial charge in [0.2, 0.25) is 11.8 Å². The van der Waals surface area contributed by atoms with Crippen LogP contribution in [0.4, 0.5) is 11.4 Å². The van der Waals surface area contributed by atoms with Gasteiger partial charge in [-0.15, -0.1) is 0 Å². The first-order valence-electron chi connectivity index (χ1n) is 10.9. The minimum absolute atomic E-state index is 0.0281. The van der Waals surface area contributed by atoms with E-state index in [0.717, 1.165) is 35.6 Å². The highest BCUT2D eigenvalue weighted by Gasteiger charge is 2.19. The highest BCUT2D eigenvalue weighted by atomic mass is 16.2. The number of rotatable bonds is 6. The summed E-state index contributed by atoms with van der Waals surface area (Å²) in [6.45, 7) is 2.94. The predicted octanol–water partition coefficient (Wildman–Crippen LogP) is 4.23. The fraction of sp³-hybridized carbons (Fsp3) is 0.185. The van der Waals surface area contributed by atoms with Crippen molar-refractivity contribution in [2.45, 2.75) is 6.42 Å². The van der Waals surface area contributed by atoms with Gasteiger partial charge < -0.3 is 15.1 Å². The molecule has 1 aliphatic heterocycles. The fourth-order valence-corrected chi connectivity index (χ4v) is 3.76. The number of hydrogen-bond donors (Lipinski definition) is 1. The molecular formula is C27H27N3O2. The maximum atomic E-state index is 12.5. The number of carbonyl (C=O) groups excluding carboxylic acids is 2. The van der Waals surface area contributed by atoms with Gasteiger partial charge in [0.05, 0.1) is 6.42 Å². The maximum absolute atomic E-state index is 12.5. The summed E-state index contributed by atoms with van der Waals surface area (Å²) in [7, 11) is 0. The van der Waals surface area contributed by atoms with Gasteiger partial charge in [-0.25, -0.2) is 0 Å². The number of nitrogens with zero attached hydrogens (tertiary/aromatic N) is 2. The summed E-state index contributed by atoms with van der Waals surface area (Å²) in [6, 6.07) is 27.5. The molecule has 0 unspecified atom stereocenters. The quantitative estimate of drug-likeness (QED) is 0.602. The summed E-state index contributed by atoms with van der Waals surface area (Å²) in [6.07, 6.45) is 3.87. The topological polar surface area (TPSA) is 52.7 Å². The first-order chi connectivity index (χ1) is 15.7. The summed E-state index contributed by atoms with van der Waals surface area (Å²) in [5.41, 5.74) is 3.90. The molecular weight excluding hydrogens is 398 g/mol. The van der Waals surface area contributed by atoms with E-state index in [2.05, 4.69) is 10.2 Å². The molecule has 162 valence electrons. The van der Waals surface area contributed by atoms with Crippen molar-refractivity contribution in [2.24, 2.45) is 0 Å². The van der Waals surface area contributed by atoms with Crippen LogP contribution in [0.1, 0.15) is 11.1 Å². The minimum atomic E-state index is -0.0281. The Kier molecular flexibility index (Phi) is 6.98. The third-order valence-electron chi connectivity index (χ3n) is 5.53. The highest BCUT2D eigenvalue weighted by molar-refractivity contribution is 5.93. The zero-order valence-electron chi connectivity index (χ0n) is 18.0. The van der Waals surface area contributed by atoms with Crippen molar-refractivity contribution in [2.75, 3.05) is 36.4 Å². The number of nitrogens with one attached hydrogen (secondary N) is 1. The molecule has 1 N–H and O–H groups in total. The summed E-state index contributed by atoms with van der Waals surface area (Å²) in [5, 5.41) is 2.95. The molecule has 0 atom stereocenters. The van der Waals surface area contributed by atoms with Crippen LogP contribution in [-0.2, 0) is 16.0 Å². The molecule has 3 aromatic rings. The lowest BCUT2D eigenvalue weighted by atomic mass is 10.1. The third-order valence-corrected chi connectivity index (χ3v) is 5.53. The summed E-state index contributed by atoms with van der Waals surface area (Å²) in [4.78, 5) is 28.9. The lowest BCUT2D eigenvalue weighted by Gasteiger charge is -2.35. The first-order valence-corrected chi connectivity index (χ1v) is 10.9. The van der Waals surface area contributed by atoms with E-state index in [4.69, 9.17) is 0 Å². The molecule has 1 heterocycles. The molecule has 2 amide bonds. The molecule has 0 saturated carbocycles. The number of hydrogen-bond acceptors (Lipinski definition) is 3. The van der Waals surface area contributed by atoms with Gasteiger partial charge >= 0.3 is 0 Å². The Labute approximate surface area is 189 Å². The maximum Gasteiger partial charge on any atom is 0.246 e. The highest BCUT2D eigenvalue weighted by Crippen LogP contribution is 2.20. The van der Waals surface area contributed by atoms with Gasteiger partial charge in [-0.05, 0) is 41.5 Å². The molecule has 1 saturated heterocycles. The molecule has 0 bridgehead atoms. The van der Waals surface area contributed by atoms with Crippen LogP contribution < -0.4 is 10.2 Å². The number of amides is 2. The Morgan fingerprint density at radius 1 is 0.781 bits per heavy atom. The van der Waals surface area contributed by atoms with Crippen molar-refractivity contribution in [1.29, 1.82) is 0 Å². The van der Waals surface area contributed by atoms with E-state index in [1.807, 2.05) is 95.9 Å². The number of piperazine rings is 1. The zero-order chi connectivity index (χ0) is 22.2. The van der Waals surface area contributed by atoms with Crippen LogP contribution in [0, 0.1) is 0 Å². The normalized spacial score (nSPS) is 13.9. The van der Waals surface area contributed by atoms with Crippen molar-refractivity contribution in [1.82, 2.24) is 4.90 Å². The summed E-state index contributed by atoms with van der Waals surface area (Å²) < 4.78 is 0. The van der Waals surface area contributed by atoms with Gasteiger partial charge in [-0.1, -0.05) is 60.7 Å². The van der Waals surface area contributed by atoms with E-state index in [0.29, 0.717) is 19.5 Å².